The van der Waals surface area contributed by atoms with Gasteiger partial charge in [0.05, 0.1) is 24.3 Å². The number of aromatic amines is 1. The molecule has 0 aliphatic carbocycles. The molecule has 1 aliphatic heterocycles. The number of hydrogen-bond acceptors (Lipinski definition) is 3. The second-order valence-corrected chi connectivity index (χ2v) is 5.89. The van der Waals surface area contributed by atoms with E-state index in [-0.39, 0.29) is 38.9 Å². The third-order valence-electron chi connectivity index (χ3n) is 4.79. The summed E-state index contributed by atoms with van der Waals surface area (Å²) < 4.78 is 10.4. The summed E-state index contributed by atoms with van der Waals surface area (Å²) in [5.74, 6) is 1.74. The van der Waals surface area contributed by atoms with E-state index in [1.54, 1.807) is 6.20 Å². The Bertz CT molecular complexity index is 798. The van der Waals surface area contributed by atoms with E-state index in [0.29, 0.717) is 17.9 Å². The van der Waals surface area contributed by atoms with Crippen LogP contribution in [-0.2, 0) is 37.4 Å². The Balaban J connectivity index is 0.00000144. The average Bonchev–Trinajstić information content (AvgIpc) is 3.17. The molecule has 7 heteroatoms. The Hall–Kier alpha value is -0.846. The van der Waals surface area contributed by atoms with Gasteiger partial charge in [-0.05, 0) is 12.3 Å². The maximum Gasteiger partial charge on any atom is 0.292 e. The van der Waals surface area contributed by atoms with E-state index < -0.39 is 0 Å². The molecule has 1 fully saturated rings. The fraction of sp³-hybridized carbons (Fsp3) is 0.533. The smallest absolute Gasteiger partial charge is 0.292 e. The third kappa shape index (κ3) is 2.23. The first-order chi connectivity index (χ1) is 10.2. The van der Waals surface area contributed by atoms with Gasteiger partial charge in [-0.1, -0.05) is 20.8 Å². The fourth-order valence-corrected chi connectivity index (χ4v) is 3.36. The van der Waals surface area contributed by atoms with Crippen molar-refractivity contribution in [2.24, 2.45) is 11.8 Å². The molecule has 4 heterocycles. The van der Waals surface area contributed by atoms with Crippen LogP contribution in [0.4, 0.5) is 0 Å². The molecule has 0 aromatic carbocycles. The molecule has 0 spiro atoms. The summed E-state index contributed by atoms with van der Waals surface area (Å²) in [5.41, 5.74) is 1.77. The predicted octanol–water partition coefficient (Wildman–Crippen LogP) is 1.88. The van der Waals surface area contributed by atoms with Gasteiger partial charge in [0.15, 0.2) is 0 Å². The Morgan fingerprint density at radius 1 is 1.32 bits per heavy atom. The van der Waals surface area contributed by atoms with Crippen LogP contribution in [0.5, 0.6) is 0 Å². The molecule has 3 aromatic rings. The summed E-state index contributed by atoms with van der Waals surface area (Å²) >= 11 is 0. The zero-order valence-corrected chi connectivity index (χ0v) is 15.9. The molecule has 4 unspecified atom stereocenters. The minimum atomic E-state index is 0. The van der Waals surface area contributed by atoms with Gasteiger partial charge in [0, 0.05) is 50.3 Å². The summed E-state index contributed by atoms with van der Waals surface area (Å²) in [4.78, 5) is 11.8. The van der Waals surface area contributed by atoms with Gasteiger partial charge in [0.2, 0.25) is 0 Å². The van der Waals surface area contributed by atoms with Crippen LogP contribution < -0.4 is 4.98 Å². The van der Waals surface area contributed by atoms with Crippen molar-refractivity contribution in [2.75, 3.05) is 0 Å². The minimum Gasteiger partial charge on any atom is -0.355 e. The standard InChI is InChI=1S/C15H19N5O.Y/c1-4-12-9(2)10(3)14(21-12)20-8-18-11-7-17-15-16-5-6-19(15)13(11)20;/h5-6,8-10,12,14,17H,4H2,1-3H3;. The van der Waals surface area contributed by atoms with Gasteiger partial charge < -0.3 is 14.3 Å². The van der Waals surface area contributed by atoms with Crippen molar-refractivity contribution in [3.8, 4) is 0 Å². The number of nitrogens with one attached hydrogen (secondary N) is 1. The van der Waals surface area contributed by atoms with E-state index in [2.05, 4.69) is 46.5 Å². The zero-order chi connectivity index (χ0) is 14.6. The topological polar surface area (TPSA) is 58.5 Å². The van der Waals surface area contributed by atoms with Gasteiger partial charge in [0.1, 0.15) is 12.4 Å². The Kier molecular flexibility index (Phi) is 4.36. The number of ether oxygens (including phenoxy) is 1. The number of nitrogens with zero attached hydrogens (tertiary/aromatic N) is 4. The van der Waals surface area contributed by atoms with Gasteiger partial charge in [-0.15, -0.1) is 4.98 Å². The zero-order valence-electron chi connectivity index (χ0n) is 13.0. The van der Waals surface area contributed by atoms with E-state index in [4.69, 9.17) is 4.74 Å². The first-order valence-electron chi connectivity index (χ1n) is 7.48. The van der Waals surface area contributed by atoms with E-state index in [1.165, 1.54) is 0 Å². The van der Waals surface area contributed by atoms with Gasteiger partial charge in [0.25, 0.3) is 5.78 Å². The first-order valence-corrected chi connectivity index (χ1v) is 7.48. The van der Waals surface area contributed by atoms with E-state index in [1.807, 2.05) is 16.9 Å². The number of hydrogen-bond donors (Lipinski definition) is 0. The molecule has 113 valence electrons. The van der Waals surface area contributed by atoms with Crippen molar-refractivity contribution in [2.45, 2.75) is 39.5 Å². The van der Waals surface area contributed by atoms with Crippen molar-refractivity contribution in [1.29, 1.82) is 0 Å². The molecular weight excluding hydrogens is 355 g/mol. The summed E-state index contributed by atoms with van der Waals surface area (Å²) in [6.45, 7) is 6.70. The van der Waals surface area contributed by atoms with Crippen LogP contribution >= 0.6 is 0 Å². The monoisotopic (exact) mass is 374 g/mol. The number of rotatable bonds is 2. The molecule has 0 bridgehead atoms. The van der Waals surface area contributed by atoms with Gasteiger partial charge in [-0.3, -0.25) is 9.38 Å². The average molecular weight is 374 g/mol. The fourth-order valence-electron chi connectivity index (χ4n) is 3.36. The number of H-pyrrole nitrogens is 1. The van der Waals surface area contributed by atoms with E-state index in [0.717, 1.165) is 23.4 Å². The van der Waals surface area contributed by atoms with E-state index in [9.17, 15) is 0 Å². The number of imidazole rings is 2. The maximum atomic E-state index is 6.28. The summed E-state index contributed by atoms with van der Waals surface area (Å²) in [6, 6.07) is 0. The van der Waals surface area contributed by atoms with Crippen molar-refractivity contribution in [1.82, 2.24) is 18.9 Å². The molecule has 1 radical (unpaired) electrons. The SMILES string of the molecule is CCC1OC(n2cnc3[c-][nH+]c4nccn4c32)C(C)C1C.[Y]. The molecule has 1 saturated heterocycles. The quantitative estimate of drug-likeness (QED) is 0.644. The van der Waals surface area contributed by atoms with E-state index >= 15 is 0 Å². The maximum absolute atomic E-state index is 6.28. The second kappa shape index (κ2) is 5.98. The number of aromatic nitrogens is 5. The molecule has 4 rings (SSSR count). The van der Waals surface area contributed by atoms with Crippen LogP contribution in [0, 0.1) is 18.0 Å². The van der Waals surface area contributed by atoms with Crippen molar-refractivity contribution < 1.29 is 42.4 Å². The predicted molar refractivity (Wildman–Crippen MR) is 76.4 cm³/mol. The summed E-state index contributed by atoms with van der Waals surface area (Å²) in [7, 11) is 0. The Morgan fingerprint density at radius 3 is 2.86 bits per heavy atom. The first kappa shape index (κ1) is 16.0. The van der Waals surface area contributed by atoms with Gasteiger partial charge in [-0.2, -0.15) is 0 Å². The Labute approximate surface area is 154 Å². The van der Waals surface area contributed by atoms with Gasteiger partial charge >= 0.3 is 0 Å². The molecule has 3 aromatic heterocycles. The van der Waals surface area contributed by atoms with Crippen molar-refractivity contribution in [3.05, 3.63) is 24.9 Å². The van der Waals surface area contributed by atoms with Crippen molar-refractivity contribution in [3.63, 3.8) is 0 Å². The minimum absolute atomic E-state index is 0. The summed E-state index contributed by atoms with van der Waals surface area (Å²) in [6.07, 6.45) is 9.98. The summed E-state index contributed by atoms with van der Waals surface area (Å²) in [5, 5.41) is 0. The molecule has 1 N–H and O–H groups in total. The second-order valence-electron chi connectivity index (χ2n) is 5.89. The van der Waals surface area contributed by atoms with Crippen LogP contribution in [0.25, 0.3) is 16.9 Å². The Morgan fingerprint density at radius 2 is 2.14 bits per heavy atom. The molecule has 1 aliphatic rings. The molecule has 22 heavy (non-hydrogen) atoms. The van der Waals surface area contributed by atoms with Crippen LogP contribution in [0.2, 0.25) is 0 Å². The van der Waals surface area contributed by atoms with Crippen LogP contribution in [0.15, 0.2) is 18.7 Å². The van der Waals surface area contributed by atoms with Crippen LogP contribution in [-0.4, -0.2) is 25.0 Å². The molecular formula is C15H19N5OY. The van der Waals surface area contributed by atoms with Crippen molar-refractivity contribution >= 4 is 16.9 Å². The molecule has 0 saturated carbocycles. The molecule has 4 atom stereocenters. The molecule has 6 nitrogen and oxygen atoms in total. The largest absolute Gasteiger partial charge is 0.355 e. The van der Waals surface area contributed by atoms with Crippen LogP contribution in [0.3, 0.4) is 0 Å². The van der Waals surface area contributed by atoms with Gasteiger partial charge in [-0.25, -0.2) is 0 Å². The van der Waals surface area contributed by atoms with Crippen LogP contribution in [0.1, 0.15) is 33.4 Å². The number of fused-ring (bicyclic) bond motifs is 3. The third-order valence-corrected chi connectivity index (χ3v) is 4.79. The molecule has 0 amide bonds. The normalized spacial score (nSPS) is 28.3.